The molecule has 31 heavy (non-hydrogen) atoms. The Morgan fingerprint density at radius 3 is 2.68 bits per heavy atom. The van der Waals surface area contributed by atoms with Crippen molar-refractivity contribution >= 4 is 34.7 Å². The van der Waals surface area contributed by atoms with Crippen molar-refractivity contribution in [3.8, 4) is 23.0 Å². The van der Waals surface area contributed by atoms with Gasteiger partial charge in [-0.3, -0.25) is 0 Å². The van der Waals surface area contributed by atoms with Crippen LogP contribution in [-0.4, -0.2) is 30.6 Å². The number of imidazole rings is 1. The van der Waals surface area contributed by atoms with E-state index in [1.54, 1.807) is 18.2 Å². The molecule has 12 heteroatoms. The zero-order valence-electron chi connectivity index (χ0n) is 15.9. The minimum atomic E-state index is -3.06. The smallest absolute Gasteiger partial charge is 0.278 e. The first-order valence-electron chi connectivity index (χ1n) is 8.81. The van der Waals surface area contributed by atoms with Crippen LogP contribution in [0, 0.1) is 0 Å². The fourth-order valence-corrected chi connectivity index (χ4v) is 3.48. The number of aromatic nitrogens is 4. The molecule has 1 aromatic carbocycles. The molecule has 3 heterocycles. The number of benzene rings is 1. The van der Waals surface area contributed by atoms with Gasteiger partial charge in [-0.25, -0.2) is 13.8 Å². The lowest BCUT2D eigenvalue weighted by Crippen LogP contribution is -2.14. The molecule has 0 spiro atoms. The highest BCUT2D eigenvalue weighted by molar-refractivity contribution is 6.33. The Balaban J connectivity index is 1.68. The molecule has 4 rings (SSSR count). The van der Waals surface area contributed by atoms with Crippen LogP contribution in [0.3, 0.4) is 0 Å². The third kappa shape index (κ3) is 4.17. The Labute approximate surface area is 183 Å². The van der Waals surface area contributed by atoms with Crippen molar-refractivity contribution < 1.29 is 18.5 Å². The SMILES string of the molecule is CC(F)(F)c1cc(Cl)c2nc(-c3nc(-c4ccc(C/C(N)=N/O)cc4Cl)no3)cn2c1. The van der Waals surface area contributed by atoms with Crippen molar-refractivity contribution in [3.05, 3.63) is 57.8 Å². The standard InChI is InChI=1S/C19H14Cl2F2N6O2/c1-19(22,23)10-6-13(21)17-25-14(8-29(17)7-10)18-26-16(28-31-18)11-3-2-9(4-12(11)20)5-15(24)27-30/h2-4,6-8,30H,5H2,1H3,(H2,24,27). The third-order valence-corrected chi connectivity index (χ3v) is 5.04. The number of amidine groups is 1. The van der Waals surface area contributed by atoms with Gasteiger partial charge in [-0.2, -0.15) is 4.98 Å². The van der Waals surface area contributed by atoms with Gasteiger partial charge in [0.05, 0.1) is 10.0 Å². The Bertz CT molecular complexity index is 1310. The highest BCUT2D eigenvalue weighted by Crippen LogP contribution is 2.32. The highest BCUT2D eigenvalue weighted by Gasteiger charge is 2.26. The van der Waals surface area contributed by atoms with Crippen molar-refractivity contribution in [1.82, 2.24) is 19.5 Å². The second-order valence-corrected chi connectivity index (χ2v) is 7.64. The van der Waals surface area contributed by atoms with Gasteiger partial charge in [0.15, 0.2) is 5.65 Å². The number of alkyl halides is 2. The van der Waals surface area contributed by atoms with Crippen LogP contribution >= 0.6 is 23.2 Å². The van der Waals surface area contributed by atoms with E-state index in [1.165, 1.54) is 22.9 Å². The minimum absolute atomic E-state index is 0.0418. The summed E-state index contributed by atoms with van der Waals surface area (Å²) >= 11 is 12.4. The van der Waals surface area contributed by atoms with Crippen LogP contribution in [0.15, 0.2) is 46.3 Å². The van der Waals surface area contributed by atoms with Gasteiger partial charge < -0.3 is 19.9 Å². The Hall–Kier alpha value is -3.24. The average molecular weight is 467 g/mol. The van der Waals surface area contributed by atoms with Crippen molar-refractivity contribution in [2.75, 3.05) is 0 Å². The summed E-state index contributed by atoms with van der Waals surface area (Å²) in [5.74, 6) is -2.74. The first-order chi connectivity index (χ1) is 14.7. The second-order valence-electron chi connectivity index (χ2n) is 6.83. The molecule has 160 valence electrons. The predicted molar refractivity (Wildman–Crippen MR) is 111 cm³/mol. The predicted octanol–water partition coefficient (Wildman–Crippen LogP) is 4.76. The number of fused-ring (bicyclic) bond motifs is 1. The molecule has 0 saturated heterocycles. The van der Waals surface area contributed by atoms with E-state index in [-0.39, 0.29) is 45.9 Å². The number of nitrogens with zero attached hydrogens (tertiary/aromatic N) is 5. The maximum Gasteiger partial charge on any atom is 0.278 e. The van der Waals surface area contributed by atoms with Crippen LogP contribution in [-0.2, 0) is 12.3 Å². The highest BCUT2D eigenvalue weighted by atomic mass is 35.5. The fourth-order valence-electron chi connectivity index (χ4n) is 2.93. The van der Waals surface area contributed by atoms with Crippen molar-refractivity contribution in [3.63, 3.8) is 0 Å². The number of hydrogen-bond acceptors (Lipinski definition) is 6. The molecule has 0 aliphatic rings. The average Bonchev–Trinajstić information content (AvgIpc) is 3.34. The molecule has 0 unspecified atom stereocenters. The van der Waals surface area contributed by atoms with Gasteiger partial charge in [0.2, 0.25) is 5.82 Å². The molecule has 0 saturated carbocycles. The number of rotatable bonds is 5. The first-order valence-corrected chi connectivity index (χ1v) is 9.57. The lowest BCUT2D eigenvalue weighted by atomic mass is 10.1. The monoisotopic (exact) mass is 466 g/mol. The normalized spacial score (nSPS) is 12.6. The zero-order chi connectivity index (χ0) is 22.3. The lowest BCUT2D eigenvalue weighted by Gasteiger charge is -2.11. The number of hydrogen-bond donors (Lipinski definition) is 2. The summed E-state index contributed by atoms with van der Waals surface area (Å²) < 4.78 is 34.0. The van der Waals surface area contributed by atoms with Gasteiger partial charge >= 0.3 is 0 Å². The molecule has 8 nitrogen and oxygen atoms in total. The van der Waals surface area contributed by atoms with E-state index in [9.17, 15) is 8.78 Å². The summed E-state index contributed by atoms with van der Waals surface area (Å²) in [6, 6.07) is 6.21. The van der Waals surface area contributed by atoms with Crippen LogP contribution in [0.5, 0.6) is 0 Å². The van der Waals surface area contributed by atoms with Crippen molar-refractivity contribution in [2.24, 2.45) is 10.9 Å². The number of oxime groups is 1. The van der Waals surface area contributed by atoms with Crippen molar-refractivity contribution in [1.29, 1.82) is 0 Å². The van der Waals surface area contributed by atoms with Gasteiger partial charge in [-0.15, -0.1) is 0 Å². The molecular weight excluding hydrogens is 453 g/mol. The molecule has 0 bridgehead atoms. The molecule has 0 amide bonds. The van der Waals surface area contributed by atoms with E-state index in [1.807, 2.05) is 0 Å². The van der Waals surface area contributed by atoms with Gasteiger partial charge in [-0.1, -0.05) is 39.6 Å². The molecule has 4 aromatic rings. The molecule has 0 radical (unpaired) electrons. The van der Waals surface area contributed by atoms with Gasteiger partial charge in [0.1, 0.15) is 11.5 Å². The topological polar surface area (TPSA) is 115 Å². The summed E-state index contributed by atoms with van der Waals surface area (Å²) in [6.45, 7) is 0.784. The van der Waals surface area contributed by atoms with E-state index in [4.69, 9.17) is 38.7 Å². The molecule has 0 atom stereocenters. The van der Waals surface area contributed by atoms with Crippen LogP contribution in [0.1, 0.15) is 18.1 Å². The maximum atomic E-state index is 13.7. The molecule has 0 aliphatic carbocycles. The molecule has 0 fully saturated rings. The lowest BCUT2D eigenvalue weighted by molar-refractivity contribution is 0.0170. The van der Waals surface area contributed by atoms with E-state index < -0.39 is 5.92 Å². The van der Waals surface area contributed by atoms with E-state index in [0.717, 1.165) is 12.5 Å². The third-order valence-electron chi connectivity index (χ3n) is 4.45. The number of nitrogens with two attached hydrogens (primary N) is 1. The maximum absolute atomic E-state index is 13.7. The van der Waals surface area contributed by atoms with E-state index >= 15 is 0 Å². The Morgan fingerprint density at radius 1 is 1.23 bits per heavy atom. The zero-order valence-corrected chi connectivity index (χ0v) is 17.4. The Kier molecular flexibility index (Phi) is 5.28. The summed E-state index contributed by atoms with van der Waals surface area (Å²) in [7, 11) is 0. The summed E-state index contributed by atoms with van der Waals surface area (Å²) in [6.07, 6.45) is 2.93. The van der Waals surface area contributed by atoms with Crippen LogP contribution in [0.25, 0.3) is 28.6 Å². The number of halogens is 4. The largest absolute Gasteiger partial charge is 0.409 e. The molecule has 3 aromatic heterocycles. The van der Waals surface area contributed by atoms with Gasteiger partial charge in [0.25, 0.3) is 11.8 Å². The van der Waals surface area contributed by atoms with Crippen molar-refractivity contribution in [2.45, 2.75) is 19.3 Å². The molecule has 3 N–H and O–H groups in total. The first kappa shape index (κ1) is 21.0. The number of pyridine rings is 1. The summed E-state index contributed by atoms with van der Waals surface area (Å²) in [5.41, 5.74) is 7.01. The summed E-state index contributed by atoms with van der Waals surface area (Å²) in [4.78, 5) is 8.59. The van der Waals surface area contributed by atoms with Crippen LogP contribution < -0.4 is 5.73 Å². The van der Waals surface area contributed by atoms with Crippen LogP contribution in [0.4, 0.5) is 8.78 Å². The van der Waals surface area contributed by atoms with E-state index in [2.05, 4.69) is 20.3 Å². The summed E-state index contributed by atoms with van der Waals surface area (Å²) in [5, 5.41) is 15.9. The fraction of sp³-hybridized carbons (Fsp3) is 0.158. The second kappa shape index (κ2) is 7.78. The molecular formula is C19H14Cl2F2N6O2. The van der Waals surface area contributed by atoms with Gasteiger partial charge in [0, 0.05) is 36.9 Å². The molecule has 0 aliphatic heterocycles. The van der Waals surface area contributed by atoms with E-state index in [0.29, 0.717) is 10.6 Å². The van der Waals surface area contributed by atoms with Crippen LogP contribution in [0.2, 0.25) is 10.0 Å². The quantitative estimate of drug-likeness (QED) is 0.189. The van der Waals surface area contributed by atoms with Gasteiger partial charge in [-0.05, 0) is 23.8 Å². The minimum Gasteiger partial charge on any atom is -0.409 e. The Morgan fingerprint density at radius 2 is 2.00 bits per heavy atom.